The molecule has 112 valence electrons. The van der Waals surface area contributed by atoms with Crippen molar-refractivity contribution >= 4 is 0 Å². The highest BCUT2D eigenvalue weighted by molar-refractivity contribution is 5.35. The lowest BCUT2D eigenvalue weighted by Gasteiger charge is -2.34. The molecule has 1 heterocycles. The Bertz CT molecular complexity index is 650. The first-order valence-electron chi connectivity index (χ1n) is 6.76. The molecule has 3 unspecified atom stereocenters. The van der Waals surface area contributed by atoms with E-state index in [1.165, 1.54) is 4.68 Å². The van der Waals surface area contributed by atoms with E-state index >= 15 is 0 Å². The van der Waals surface area contributed by atoms with Crippen LogP contribution in [0.5, 0.6) is 0 Å². The highest BCUT2D eigenvalue weighted by Crippen LogP contribution is 2.43. The summed E-state index contributed by atoms with van der Waals surface area (Å²) < 4.78 is 39.2. The van der Waals surface area contributed by atoms with Crippen molar-refractivity contribution in [2.75, 3.05) is 0 Å². The van der Waals surface area contributed by atoms with Crippen molar-refractivity contribution in [3.05, 3.63) is 53.3 Å². The largest absolute Gasteiger partial charge is 0.419 e. The van der Waals surface area contributed by atoms with E-state index in [-0.39, 0.29) is 5.92 Å². The Morgan fingerprint density at radius 2 is 1.90 bits per heavy atom. The molecular formula is C15H15F3N2O. The first-order chi connectivity index (χ1) is 9.88. The zero-order valence-electron chi connectivity index (χ0n) is 11.4. The minimum absolute atomic E-state index is 0.160. The predicted octanol–water partition coefficient (Wildman–Crippen LogP) is 3.68. The van der Waals surface area contributed by atoms with Crippen LogP contribution in [-0.4, -0.2) is 14.9 Å². The molecule has 1 aliphatic carbocycles. The first-order valence-corrected chi connectivity index (χ1v) is 6.76. The highest BCUT2D eigenvalue weighted by atomic mass is 19.4. The van der Waals surface area contributed by atoms with Crippen LogP contribution >= 0.6 is 0 Å². The van der Waals surface area contributed by atoms with Crippen molar-refractivity contribution in [2.24, 2.45) is 0 Å². The number of benzene rings is 1. The maximum absolute atomic E-state index is 12.7. The number of alkyl halides is 3. The summed E-state index contributed by atoms with van der Waals surface area (Å²) >= 11 is 0. The van der Waals surface area contributed by atoms with Crippen LogP contribution in [0.3, 0.4) is 0 Å². The molecule has 2 aromatic rings. The lowest BCUT2D eigenvalue weighted by Crippen LogP contribution is -2.26. The molecule has 3 rings (SSSR count). The van der Waals surface area contributed by atoms with Gasteiger partial charge in [0.15, 0.2) is 0 Å². The average molecular weight is 296 g/mol. The summed E-state index contributed by atoms with van der Waals surface area (Å²) in [5.74, 6) is 0.160. The number of halogens is 3. The molecule has 0 fully saturated rings. The minimum atomic E-state index is -4.42. The van der Waals surface area contributed by atoms with Gasteiger partial charge < -0.3 is 5.11 Å². The topological polar surface area (TPSA) is 38.0 Å². The third kappa shape index (κ3) is 2.44. The van der Waals surface area contributed by atoms with Gasteiger partial charge in [-0.25, -0.2) is 0 Å². The molecular weight excluding hydrogens is 281 g/mol. The van der Waals surface area contributed by atoms with Crippen LogP contribution in [0, 0.1) is 0 Å². The molecule has 21 heavy (non-hydrogen) atoms. The van der Waals surface area contributed by atoms with E-state index < -0.39 is 23.9 Å². The fourth-order valence-electron chi connectivity index (χ4n) is 2.97. The van der Waals surface area contributed by atoms with E-state index in [4.69, 9.17) is 0 Å². The maximum Gasteiger partial charge on any atom is 0.419 e. The Hall–Kier alpha value is -1.82. The highest BCUT2D eigenvalue weighted by Gasteiger charge is 2.36. The first kappa shape index (κ1) is 14.1. The second-order valence-corrected chi connectivity index (χ2v) is 5.48. The Morgan fingerprint density at radius 1 is 1.24 bits per heavy atom. The number of nitrogens with zero attached hydrogens (tertiary/aromatic N) is 2. The molecule has 1 aromatic carbocycles. The van der Waals surface area contributed by atoms with Gasteiger partial charge in [-0.3, -0.25) is 4.68 Å². The van der Waals surface area contributed by atoms with Gasteiger partial charge in [-0.05, 0) is 23.5 Å². The molecule has 0 saturated carbocycles. The van der Waals surface area contributed by atoms with E-state index in [9.17, 15) is 18.3 Å². The third-order valence-corrected chi connectivity index (χ3v) is 4.07. The Kier molecular flexibility index (Phi) is 3.28. The number of hydrogen-bond acceptors (Lipinski definition) is 2. The fraction of sp³-hybridized carbons (Fsp3) is 0.400. The predicted molar refractivity (Wildman–Crippen MR) is 70.7 cm³/mol. The summed E-state index contributed by atoms with van der Waals surface area (Å²) in [4.78, 5) is 0. The maximum atomic E-state index is 12.7. The minimum Gasteiger partial charge on any atom is -0.386 e. The number of rotatable bonds is 1. The van der Waals surface area contributed by atoms with Crippen LogP contribution in [0.25, 0.3) is 0 Å². The molecule has 1 N–H and O–H groups in total. The normalized spacial score (nSPS) is 25.7. The molecule has 0 spiro atoms. The van der Waals surface area contributed by atoms with E-state index in [1.54, 1.807) is 0 Å². The lowest BCUT2D eigenvalue weighted by molar-refractivity contribution is -0.137. The van der Waals surface area contributed by atoms with E-state index in [1.807, 2.05) is 31.2 Å². The summed E-state index contributed by atoms with van der Waals surface area (Å²) in [6.07, 6.45) is -2.94. The van der Waals surface area contributed by atoms with E-state index in [0.29, 0.717) is 6.42 Å². The van der Waals surface area contributed by atoms with Crippen LogP contribution in [-0.2, 0) is 6.18 Å². The summed E-state index contributed by atoms with van der Waals surface area (Å²) in [6, 6.07) is 7.01. The van der Waals surface area contributed by atoms with Gasteiger partial charge in [-0.2, -0.15) is 18.3 Å². The Labute approximate surface area is 120 Å². The number of hydrogen-bond donors (Lipinski definition) is 1. The van der Waals surface area contributed by atoms with Gasteiger partial charge in [0.2, 0.25) is 0 Å². The zero-order valence-corrected chi connectivity index (χ0v) is 11.4. The molecule has 0 aliphatic heterocycles. The molecule has 0 radical (unpaired) electrons. The lowest BCUT2D eigenvalue weighted by atomic mass is 9.79. The van der Waals surface area contributed by atoms with Crippen LogP contribution < -0.4 is 0 Å². The molecule has 3 nitrogen and oxygen atoms in total. The average Bonchev–Trinajstić information content (AvgIpc) is 2.92. The van der Waals surface area contributed by atoms with Crippen molar-refractivity contribution in [3.63, 3.8) is 0 Å². The summed E-state index contributed by atoms with van der Waals surface area (Å²) in [5.41, 5.74) is 1.02. The molecule has 0 amide bonds. The SMILES string of the molecule is CC1CC(n2cc(C(F)(F)F)cn2)C(O)c2ccccc21. The van der Waals surface area contributed by atoms with Crippen LogP contribution in [0.2, 0.25) is 0 Å². The van der Waals surface area contributed by atoms with Crippen molar-refractivity contribution in [2.45, 2.75) is 37.6 Å². The van der Waals surface area contributed by atoms with Crippen molar-refractivity contribution in [1.29, 1.82) is 0 Å². The third-order valence-electron chi connectivity index (χ3n) is 4.07. The fourth-order valence-corrected chi connectivity index (χ4v) is 2.97. The van der Waals surface area contributed by atoms with Gasteiger partial charge in [0, 0.05) is 6.20 Å². The molecule has 0 bridgehead atoms. The van der Waals surface area contributed by atoms with Gasteiger partial charge in [0.25, 0.3) is 0 Å². The quantitative estimate of drug-likeness (QED) is 0.871. The van der Waals surface area contributed by atoms with Gasteiger partial charge in [0.1, 0.15) is 6.10 Å². The molecule has 0 saturated heterocycles. The van der Waals surface area contributed by atoms with Gasteiger partial charge in [-0.1, -0.05) is 31.2 Å². The number of aliphatic hydroxyl groups is 1. The van der Waals surface area contributed by atoms with Crippen molar-refractivity contribution in [1.82, 2.24) is 9.78 Å². The summed E-state index contributed by atoms with van der Waals surface area (Å²) in [6.45, 7) is 2.01. The molecule has 3 atom stereocenters. The molecule has 1 aromatic heterocycles. The number of fused-ring (bicyclic) bond motifs is 1. The molecule has 1 aliphatic rings. The Balaban J connectivity index is 1.96. The summed E-state index contributed by atoms with van der Waals surface area (Å²) in [5, 5.41) is 14.3. The summed E-state index contributed by atoms with van der Waals surface area (Å²) in [7, 11) is 0. The van der Waals surface area contributed by atoms with Crippen molar-refractivity contribution < 1.29 is 18.3 Å². The Morgan fingerprint density at radius 3 is 2.52 bits per heavy atom. The smallest absolute Gasteiger partial charge is 0.386 e. The van der Waals surface area contributed by atoms with Gasteiger partial charge in [-0.15, -0.1) is 0 Å². The standard InChI is InChI=1S/C15H15F3N2O/c1-9-6-13(14(21)12-5-3-2-4-11(9)12)20-8-10(7-19-20)15(16,17)18/h2-5,7-9,13-14,21H,6H2,1H3. The number of aliphatic hydroxyl groups excluding tert-OH is 1. The number of aromatic nitrogens is 2. The van der Waals surface area contributed by atoms with Crippen LogP contribution in [0.1, 0.15) is 48.1 Å². The van der Waals surface area contributed by atoms with Gasteiger partial charge in [0.05, 0.1) is 17.8 Å². The van der Waals surface area contributed by atoms with Gasteiger partial charge >= 0.3 is 6.18 Å². The van der Waals surface area contributed by atoms with Crippen LogP contribution in [0.4, 0.5) is 13.2 Å². The van der Waals surface area contributed by atoms with E-state index in [0.717, 1.165) is 23.5 Å². The molecule has 6 heteroatoms. The second-order valence-electron chi connectivity index (χ2n) is 5.48. The van der Waals surface area contributed by atoms with Crippen LogP contribution in [0.15, 0.2) is 36.7 Å². The zero-order chi connectivity index (χ0) is 15.2. The monoisotopic (exact) mass is 296 g/mol. The van der Waals surface area contributed by atoms with E-state index in [2.05, 4.69) is 5.10 Å². The van der Waals surface area contributed by atoms with Crippen molar-refractivity contribution in [3.8, 4) is 0 Å². The second kappa shape index (κ2) is 4.87.